The molecular formula is C25H28N2O6. The van der Waals surface area contributed by atoms with E-state index in [0.29, 0.717) is 26.0 Å². The molecule has 174 valence electrons. The average molecular weight is 453 g/mol. The molecule has 1 heterocycles. The normalized spacial score (nSPS) is 18.9. The summed E-state index contributed by atoms with van der Waals surface area (Å²) in [7, 11) is 0. The average Bonchev–Trinajstić information content (AvgIpc) is 3.39. The van der Waals surface area contributed by atoms with Crippen LogP contribution in [0.2, 0.25) is 0 Å². The summed E-state index contributed by atoms with van der Waals surface area (Å²) in [6, 6.07) is 15.6. The van der Waals surface area contributed by atoms with Crippen LogP contribution in [-0.4, -0.2) is 66.4 Å². The van der Waals surface area contributed by atoms with Crippen LogP contribution in [0.5, 0.6) is 0 Å². The molecule has 0 radical (unpaired) electrons. The second-order valence-electron chi connectivity index (χ2n) is 8.31. The second-order valence-corrected chi connectivity index (χ2v) is 8.31. The molecule has 33 heavy (non-hydrogen) atoms. The van der Waals surface area contributed by atoms with Crippen LogP contribution in [0, 0.1) is 0 Å². The SMILES string of the molecule is CCCN(CC(=O)O)C(=O)[C@@H]1OCC[C@@H]1NC(=O)OCC1c2ccccc2-c2ccccc21. The lowest BCUT2D eigenvalue weighted by molar-refractivity contribution is -0.149. The molecule has 0 spiro atoms. The van der Waals surface area contributed by atoms with Crippen molar-refractivity contribution in [1.29, 1.82) is 0 Å². The number of carbonyl (C=O) groups is 3. The number of nitrogens with zero attached hydrogens (tertiary/aromatic N) is 1. The molecular weight excluding hydrogens is 424 g/mol. The molecule has 0 aromatic heterocycles. The molecule has 2 N–H and O–H groups in total. The largest absolute Gasteiger partial charge is 0.480 e. The lowest BCUT2D eigenvalue weighted by atomic mass is 9.98. The zero-order valence-corrected chi connectivity index (χ0v) is 18.5. The van der Waals surface area contributed by atoms with Gasteiger partial charge in [-0.3, -0.25) is 9.59 Å². The number of fused-ring (bicyclic) bond motifs is 3. The Bertz CT molecular complexity index is 994. The summed E-state index contributed by atoms with van der Waals surface area (Å²) in [5.41, 5.74) is 4.53. The number of hydrogen-bond acceptors (Lipinski definition) is 5. The highest BCUT2D eigenvalue weighted by Crippen LogP contribution is 2.44. The van der Waals surface area contributed by atoms with Crippen LogP contribution in [0.3, 0.4) is 0 Å². The van der Waals surface area contributed by atoms with Crippen molar-refractivity contribution in [2.75, 3.05) is 26.3 Å². The summed E-state index contributed by atoms with van der Waals surface area (Å²) in [5, 5.41) is 11.9. The molecule has 0 bridgehead atoms. The van der Waals surface area contributed by atoms with E-state index in [4.69, 9.17) is 14.6 Å². The van der Waals surface area contributed by atoms with Gasteiger partial charge in [0.2, 0.25) is 0 Å². The summed E-state index contributed by atoms with van der Waals surface area (Å²) in [6.45, 7) is 2.25. The van der Waals surface area contributed by atoms with Crippen molar-refractivity contribution in [1.82, 2.24) is 10.2 Å². The quantitative estimate of drug-likeness (QED) is 0.638. The van der Waals surface area contributed by atoms with Crippen LogP contribution in [0.4, 0.5) is 4.79 Å². The first-order valence-electron chi connectivity index (χ1n) is 11.2. The fourth-order valence-corrected chi connectivity index (χ4v) is 4.65. The molecule has 4 rings (SSSR count). The van der Waals surface area contributed by atoms with Gasteiger partial charge in [-0.2, -0.15) is 0 Å². The number of aliphatic carboxylic acids is 1. The predicted molar refractivity (Wildman–Crippen MR) is 121 cm³/mol. The third-order valence-corrected chi connectivity index (χ3v) is 6.11. The van der Waals surface area contributed by atoms with Crippen LogP contribution in [0.25, 0.3) is 11.1 Å². The highest BCUT2D eigenvalue weighted by atomic mass is 16.6. The molecule has 8 heteroatoms. The maximum absolute atomic E-state index is 12.8. The van der Waals surface area contributed by atoms with E-state index in [1.165, 1.54) is 4.90 Å². The first-order valence-corrected chi connectivity index (χ1v) is 11.2. The maximum atomic E-state index is 12.8. The van der Waals surface area contributed by atoms with Crippen molar-refractivity contribution in [2.45, 2.75) is 37.8 Å². The Hall–Kier alpha value is -3.39. The number of carboxylic acids is 1. The number of ether oxygens (including phenoxy) is 2. The first-order chi connectivity index (χ1) is 16.0. The van der Waals surface area contributed by atoms with Crippen LogP contribution in [0.15, 0.2) is 48.5 Å². The third kappa shape index (κ3) is 4.85. The van der Waals surface area contributed by atoms with Crippen LogP contribution in [-0.2, 0) is 19.1 Å². The summed E-state index contributed by atoms with van der Waals surface area (Å²) in [6.07, 6.45) is -0.467. The third-order valence-electron chi connectivity index (χ3n) is 6.11. The fourth-order valence-electron chi connectivity index (χ4n) is 4.65. The molecule has 2 amide bonds. The molecule has 1 aliphatic carbocycles. The molecule has 1 aliphatic heterocycles. The van der Waals surface area contributed by atoms with E-state index < -0.39 is 36.7 Å². The van der Waals surface area contributed by atoms with E-state index in [1.807, 2.05) is 43.3 Å². The number of rotatable bonds is 8. The van der Waals surface area contributed by atoms with E-state index in [0.717, 1.165) is 22.3 Å². The van der Waals surface area contributed by atoms with Crippen molar-refractivity contribution in [3.63, 3.8) is 0 Å². The molecule has 0 unspecified atom stereocenters. The van der Waals surface area contributed by atoms with E-state index >= 15 is 0 Å². The lowest BCUT2D eigenvalue weighted by Gasteiger charge is -2.26. The second kappa shape index (κ2) is 10.0. The number of carboxylic acid groups (broad SMARTS) is 1. The summed E-state index contributed by atoms with van der Waals surface area (Å²) < 4.78 is 11.1. The minimum atomic E-state index is -1.09. The summed E-state index contributed by atoms with van der Waals surface area (Å²) in [5.74, 6) is -1.58. The van der Waals surface area contributed by atoms with Crippen molar-refractivity contribution >= 4 is 18.0 Å². The Morgan fingerprint density at radius 1 is 1.09 bits per heavy atom. The van der Waals surface area contributed by atoms with Gasteiger partial charge in [-0.15, -0.1) is 0 Å². The smallest absolute Gasteiger partial charge is 0.407 e. The molecule has 2 atom stereocenters. The molecule has 1 saturated heterocycles. The van der Waals surface area contributed by atoms with Gasteiger partial charge >= 0.3 is 12.1 Å². The van der Waals surface area contributed by atoms with Crippen molar-refractivity contribution in [2.24, 2.45) is 0 Å². The Morgan fingerprint density at radius 3 is 2.33 bits per heavy atom. The number of nitrogens with one attached hydrogen (secondary N) is 1. The van der Waals surface area contributed by atoms with Gasteiger partial charge in [0.25, 0.3) is 5.91 Å². The highest BCUT2D eigenvalue weighted by molar-refractivity contribution is 5.86. The van der Waals surface area contributed by atoms with Crippen molar-refractivity contribution in [3.8, 4) is 11.1 Å². The maximum Gasteiger partial charge on any atom is 0.407 e. The lowest BCUT2D eigenvalue weighted by Crippen LogP contribution is -2.51. The number of carbonyl (C=O) groups excluding carboxylic acids is 2. The van der Waals surface area contributed by atoms with E-state index in [9.17, 15) is 14.4 Å². The topological polar surface area (TPSA) is 105 Å². The minimum absolute atomic E-state index is 0.0592. The Kier molecular flexibility index (Phi) is 6.93. The van der Waals surface area contributed by atoms with Gasteiger partial charge in [-0.1, -0.05) is 55.5 Å². The number of benzene rings is 2. The number of hydrogen-bond donors (Lipinski definition) is 2. The molecule has 0 saturated carbocycles. The molecule has 8 nitrogen and oxygen atoms in total. The number of amides is 2. The fraction of sp³-hybridized carbons (Fsp3) is 0.400. The van der Waals surface area contributed by atoms with Gasteiger partial charge in [0, 0.05) is 19.1 Å². The zero-order chi connectivity index (χ0) is 23.4. The Labute approximate surface area is 192 Å². The molecule has 2 aliphatic rings. The molecule has 2 aromatic rings. The van der Waals surface area contributed by atoms with Crippen molar-refractivity contribution < 1.29 is 29.0 Å². The van der Waals surface area contributed by atoms with Gasteiger partial charge in [0.1, 0.15) is 13.2 Å². The van der Waals surface area contributed by atoms with Gasteiger partial charge in [0.05, 0.1) is 6.04 Å². The minimum Gasteiger partial charge on any atom is -0.480 e. The zero-order valence-electron chi connectivity index (χ0n) is 18.5. The van der Waals surface area contributed by atoms with Gasteiger partial charge in [0.15, 0.2) is 6.10 Å². The van der Waals surface area contributed by atoms with Crippen LogP contribution < -0.4 is 5.32 Å². The Morgan fingerprint density at radius 2 is 1.73 bits per heavy atom. The predicted octanol–water partition coefficient (Wildman–Crippen LogP) is 3.01. The van der Waals surface area contributed by atoms with E-state index in [2.05, 4.69) is 17.4 Å². The highest BCUT2D eigenvalue weighted by Gasteiger charge is 2.38. The summed E-state index contributed by atoms with van der Waals surface area (Å²) >= 11 is 0. The van der Waals surface area contributed by atoms with Crippen LogP contribution in [0.1, 0.15) is 36.8 Å². The summed E-state index contributed by atoms with van der Waals surface area (Å²) in [4.78, 5) is 37.8. The van der Waals surface area contributed by atoms with Crippen molar-refractivity contribution in [3.05, 3.63) is 59.7 Å². The monoisotopic (exact) mass is 452 g/mol. The van der Waals surface area contributed by atoms with Gasteiger partial charge in [-0.25, -0.2) is 4.79 Å². The molecule has 2 aromatic carbocycles. The Balaban J connectivity index is 1.39. The van der Waals surface area contributed by atoms with Gasteiger partial charge < -0.3 is 24.8 Å². The van der Waals surface area contributed by atoms with Gasteiger partial charge in [-0.05, 0) is 35.1 Å². The first kappa shape index (κ1) is 22.8. The molecule has 1 fully saturated rings. The van der Waals surface area contributed by atoms with E-state index in [-0.39, 0.29) is 12.5 Å². The van der Waals surface area contributed by atoms with Crippen LogP contribution >= 0.6 is 0 Å². The number of alkyl carbamates (subject to hydrolysis) is 1. The standard InChI is InChI=1S/C25H28N2O6/c1-2-12-27(14-22(28)29)24(30)23-21(11-13-32-23)26-25(31)33-15-20-18-9-5-3-7-16(18)17-8-4-6-10-19(17)20/h3-10,20-21,23H,2,11-15H2,1H3,(H,26,31)(H,28,29)/t21-,23+/m0/s1. The van der Waals surface area contributed by atoms with E-state index in [1.54, 1.807) is 0 Å².